The standard InChI is InChI=1S/C24H26N2O4/c1-16-23(26(28)29)22(30-25-16)15-19(17-8-6-5-7-9-17)14-21(27)18-10-12-20(13-11-18)24(2,3)4/h5-13,19H,14-15H2,1-4H3. The number of ketones is 1. The van der Waals surface area contributed by atoms with Crippen LogP contribution in [0.5, 0.6) is 0 Å². The molecule has 6 heteroatoms. The van der Waals surface area contributed by atoms with Crippen LogP contribution in [0, 0.1) is 17.0 Å². The van der Waals surface area contributed by atoms with Crippen molar-refractivity contribution in [1.82, 2.24) is 5.16 Å². The zero-order valence-electron chi connectivity index (χ0n) is 17.7. The summed E-state index contributed by atoms with van der Waals surface area (Å²) >= 11 is 0. The summed E-state index contributed by atoms with van der Waals surface area (Å²) in [6, 6.07) is 17.2. The Hall–Kier alpha value is -3.28. The number of aromatic nitrogens is 1. The van der Waals surface area contributed by atoms with Crippen LogP contribution in [0.1, 0.15) is 66.0 Å². The van der Waals surface area contributed by atoms with E-state index in [1.54, 1.807) is 6.92 Å². The maximum absolute atomic E-state index is 13.0. The molecule has 156 valence electrons. The first kappa shape index (κ1) is 21.4. The van der Waals surface area contributed by atoms with Crippen LogP contribution >= 0.6 is 0 Å². The molecule has 0 radical (unpaired) electrons. The monoisotopic (exact) mass is 406 g/mol. The number of rotatable bonds is 7. The molecule has 0 aliphatic heterocycles. The lowest BCUT2D eigenvalue weighted by atomic mass is 9.85. The van der Waals surface area contributed by atoms with Crippen molar-refractivity contribution in [3.8, 4) is 0 Å². The number of hydrogen-bond donors (Lipinski definition) is 0. The first-order valence-electron chi connectivity index (χ1n) is 9.95. The van der Waals surface area contributed by atoms with E-state index in [9.17, 15) is 14.9 Å². The van der Waals surface area contributed by atoms with Crippen LogP contribution < -0.4 is 0 Å². The molecule has 0 saturated heterocycles. The van der Waals surface area contributed by atoms with Gasteiger partial charge in [-0.05, 0) is 29.4 Å². The average Bonchev–Trinajstić information content (AvgIpc) is 3.08. The van der Waals surface area contributed by atoms with Crippen LogP contribution in [-0.4, -0.2) is 15.9 Å². The lowest BCUT2D eigenvalue weighted by Gasteiger charge is -2.19. The summed E-state index contributed by atoms with van der Waals surface area (Å²) < 4.78 is 5.25. The van der Waals surface area contributed by atoms with E-state index >= 15 is 0 Å². The van der Waals surface area contributed by atoms with Crippen molar-refractivity contribution >= 4 is 11.5 Å². The number of Topliss-reactive ketones (excluding diaryl/α,β-unsaturated/α-hetero) is 1. The number of carbonyl (C=O) groups excluding carboxylic acids is 1. The van der Waals surface area contributed by atoms with Crippen LogP contribution in [0.15, 0.2) is 59.1 Å². The normalized spacial score (nSPS) is 12.5. The molecule has 1 unspecified atom stereocenters. The number of benzene rings is 2. The van der Waals surface area contributed by atoms with E-state index in [0.29, 0.717) is 5.56 Å². The quantitative estimate of drug-likeness (QED) is 0.282. The van der Waals surface area contributed by atoms with Crippen molar-refractivity contribution in [2.45, 2.75) is 51.9 Å². The van der Waals surface area contributed by atoms with Crippen LogP contribution in [0.4, 0.5) is 5.69 Å². The summed E-state index contributed by atoms with van der Waals surface area (Å²) in [5.74, 6) is -0.0718. The summed E-state index contributed by atoms with van der Waals surface area (Å²) in [5.41, 5.74) is 2.86. The molecule has 1 aromatic heterocycles. The topological polar surface area (TPSA) is 86.2 Å². The second kappa shape index (κ2) is 8.61. The van der Waals surface area contributed by atoms with E-state index in [4.69, 9.17) is 4.52 Å². The van der Waals surface area contributed by atoms with Crippen molar-refractivity contribution in [1.29, 1.82) is 0 Å². The summed E-state index contributed by atoms with van der Waals surface area (Å²) in [6.07, 6.45) is 0.447. The number of nitro groups is 1. The predicted molar refractivity (Wildman–Crippen MR) is 115 cm³/mol. The van der Waals surface area contributed by atoms with Gasteiger partial charge in [0.05, 0.1) is 4.92 Å². The van der Waals surface area contributed by atoms with Gasteiger partial charge in [-0.2, -0.15) is 0 Å². The SMILES string of the molecule is Cc1noc(CC(CC(=O)c2ccc(C(C)(C)C)cc2)c2ccccc2)c1[N+](=O)[O-]. The van der Waals surface area contributed by atoms with E-state index in [1.807, 2.05) is 54.6 Å². The molecule has 30 heavy (non-hydrogen) atoms. The van der Waals surface area contributed by atoms with E-state index < -0.39 is 4.92 Å². The maximum Gasteiger partial charge on any atom is 0.334 e. The molecule has 0 aliphatic carbocycles. The molecular weight excluding hydrogens is 380 g/mol. The summed E-state index contributed by atoms with van der Waals surface area (Å²) in [5, 5.41) is 15.2. The molecular formula is C24H26N2O4. The molecule has 0 N–H and O–H groups in total. The Balaban J connectivity index is 1.87. The van der Waals surface area contributed by atoms with Gasteiger partial charge in [0.2, 0.25) is 5.76 Å². The molecule has 0 spiro atoms. The molecule has 0 aliphatic rings. The van der Waals surface area contributed by atoms with Crippen molar-refractivity contribution in [2.75, 3.05) is 0 Å². The fourth-order valence-electron chi connectivity index (χ4n) is 3.53. The highest BCUT2D eigenvalue weighted by atomic mass is 16.6. The van der Waals surface area contributed by atoms with E-state index in [2.05, 4.69) is 25.9 Å². The van der Waals surface area contributed by atoms with Crippen molar-refractivity contribution in [2.24, 2.45) is 0 Å². The first-order chi connectivity index (χ1) is 14.2. The lowest BCUT2D eigenvalue weighted by molar-refractivity contribution is -0.386. The minimum Gasteiger partial charge on any atom is -0.354 e. The fourth-order valence-corrected chi connectivity index (χ4v) is 3.53. The van der Waals surface area contributed by atoms with Gasteiger partial charge in [0, 0.05) is 18.4 Å². The van der Waals surface area contributed by atoms with E-state index in [-0.39, 0.29) is 47.1 Å². The minimum absolute atomic E-state index is 0.0109. The number of aryl methyl sites for hydroxylation is 1. The molecule has 0 saturated carbocycles. The molecule has 3 aromatic rings. The predicted octanol–water partition coefficient (Wildman–Crippen LogP) is 5.79. The molecule has 1 heterocycles. The molecule has 6 nitrogen and oxygen atoms in total. The molecule has 3 rings (SSSR count). The lowest BCUT2D eigenvalue weighted by Crippen LogP contribution is -2.13. The zero-order valence-corrected chi connectivity index (χ0v) is 17.7. The van der Waals surface area contributed by atoms with Gasteiger partial charge in [-0.15, -0.1) is 0 Å². The molecule has 0 amide bonds. The second-order valence-electron chi connectivity index (χ2n) is 8.56. The Morgan fingerprint density at radius 1 is 1.10 bits per heavy atom. The molecule has 1 atom stereocenters. The third kappa shape index (κ3) is 4.82. The number of nitrogens with zero attached hydrogens (tertiary/aromatic N) is 2. The highest BCUT2D eigenvalue weighted by Crippen LogP contribution is 2.32. The second-order valence-corrected chi connectivity index (χ2v) is 8.56. The Morgan fingerprint density at radius 3 is 2.30 bits per heavy atom. The Bertz CT molecular complexity index is 1030. The Labute approximate surface area is 176 Å². The summed E-state index contributed by atoms with van der Waals surface area (Å²) in [6.45, 7) is 7.93. The minimum atomic E-state index is -0.476. The number of hydrogen-bond acceptors (Lipinski definition) is 5. The third-order valence-corrected chi connectivity index (χ3v) is 5.29. The van der Waals surface area contributed by atoms with Gasteiger partial charge in [0.15, 0.2) is 11.5 Å². The first-order valence-corrected chi connectivity index (χ1v) is 9.95. The van der Waals surface area contributed by atoms with Crippen LogP contribution in [0.2, 0.25) is 0 Å². The molecule has 0 fully saturated rings. The van der Waals surface area contributed by atoms with Gasteiger partial charge in [-0.25, -0.2) is 0 Å². The van der Waals surface area contributed by atoms with Gasteiger partial charge in [-0.3, -0.25) is 14.9 Å². The average molecular weight is 406 g/mol. The van der Waals surface area contributed by atoms with Crippen molar-refractivity contribution in [3.63, 3.8) is 0 Å². The largest absolute Gasteiger partial charge is 0.354 e. The Morgan fingerprint density at radius 2 is 1.73 bits per heavy atom. The van der Waals surface area contributed by atoms with Crippen LogP contribution in [0.3, 0.4) is 0 Å². The Kier molecular flexibility index (Phi) is 6.15. The van der Waals surface area contributed by atoms with Gasteiger partial charge >= 0.3 is 5.69 Å². The van der Waals surface area contributed by atoms with E-state index in [0.717, 1.165) is 11.1 Å². The highest BCUT2D eigenvalue weighted by Gasteiger charge is 2.28. The van der Waals surface area contributed by atoms with Gasteiger partial charge in [0.25, 0.3) is 0 Å². The smallest absolute Gasteiger partial charge is 0.334 e. The zero-order chi connectivity index (χ0) is 21.9. The van der Waals surface area contributed by atoms with Gasteiger partial charge in [0.1, 0.15) is 0 Å². The van der Waals surface area contributed by atoms with Gasteiger partial charge in [-0.1, -0.05) is 80.5 Å². The van der Waals surface area contributed by atoms with E-state index in [1.165, 1.54) is 0 Å². The highest BCUT2D eigenvalue weighted by molar-refractivity contribution is 5.96. The molecule has 0 bridgehead atoms. The van der Waals surface area contributed by atoms with Gasteiger partial charge < -0.3 is 4.52 Å². The molecule has 2 aromatic carbocycles. The fraction of sp³-hybridized carbons (Fsp3) is 0.333. The van der Waals surface area contributed by atoms with Crippen LogP contribution in [0.25, 0.3) is 0 Å². The van der Waals surface area contributed by atoms with Crippen molar-refractivity contribution in [3.05, 3.63) is 92.9 Å². The summed E-state index contributed by atoms with van der Waals surface area (Å²) in [4.78, 5) is 24.0. The summed E-state index contributed by atoms with van der Waals surface area (Å²) in [7, 11) is 0. The maximum atomic E-state index is 13.0. The van der Waals surface area contributed by atoms with Crippen molar-refractivity contribution < 1.29 is 14.2 Å². The van der Waals surface area contributed by atoms with Crippen LogP contribution in [-0.2, 0) is 11.8 Å². The number of carbonyl (C=O) groups is 1. The third-order valence-electron chi connectivity index (χ3n) is 5.29.